The first kappa shape index (κ1) is 23.3. The Labute approximate surface area is 205 Å². The summed E-state index contributed by atoms with van der Waals surface area (Å²) < 4.78 is 15.8. The second-order valence-corrected chi connectivity index (χ2v) is 9.52. The maximum atomic E-state index is 14.5. The predicted octanol–water partition coefficient (Wildman–Crippen LogP) is 4.09. The van der Waals surface area contributed by atoms with Crippen molar-refractivity contribution in [2.24, 2.45) is 11.7 Å². The molecule has 0 spiro atoms. The molecule has 2 aromatic carbocycles. The zero-order valence-electron chi connectivity index (χ0n) is 18.7. The highest BCUT2D eigenvalue weighted by Gasteiger charge is 2.56. The number of nitrogens with one attached hydrogen (secondary N) is 1. The van der Waals surface area contributed by atoms with Gasteiger partial charge < -0.3 is 21.1 Å². The van der Waals surface area contributed by atoms with Crippen LogP contribution < -0.4 is 11.1 Å². The number of carbonyl (C=O) groups is 3. The summed E-state index contributed by atoms with van der Waals surface area (Å²) in [6, 6.07) is 9.65. The number of primary amides is 1. The third-order valence-corrected chi connectivity index (χ3v) is 7.28. The largest absolute Gasteiger partial charge is 0.396 e. The van der Waals surface area contributed by atoms with Gasteiger partial charge in [-0.3, -0.25) is 9.36 Å². The molecular weight excluding hydrogens is 475 g/mol. The topological polar surface area (TPSA) is 118 Å². The van der Waals surface area contributed by atoms with Crippen LogP contribution in [0.4, 0.5) is 19.7 Å². The first-order valence-electron chi connectivity index (χ1n) is 11.4. The number of benzene rings is 2. The Balaban J connectivity index is 1.36. The minimum Gasteiger partial charge on any atom is -0.396 e. The molecule has 35 heavy (non-hydrogen) atoms. The highest BCUT2D eigenvalue weighted by atomic mass is 35.5. The SMILES string of the molecule is NC(=O)n1cc(NC(=O)N2[C@@H]3C[C@@H]3C[C@H]2C(=O)C[C@H](CO)c2cccc(Cl)c2F)c2ccccc21. The summed E-state index contributed by atoms with van der Waals surface area (Å²) in [4.78, 5) is 40.0. The average molecular weight is 499 g/mol. The van der Waals surface area contributed by atoms with Crippen LogP contribution in [0.5, 0.6) is 0 Å². The van der Waals surface area contributed by atoms with Gasteiger partial charge in [0.1, 0.15) is 5.82 Å². The van der Waals surface area contributed by atoms with Gasteiger partial charge in [0.2, 0.25) is 0 Å². The Bertz CT molecular complexity index is 1340. The Kier molecular flexibility index (Phi) is 5.98. The molecule has 8 nitrogen and oxygen atoms in total. The molecule has 2 aliphatic rings. The number of aliphatic hydroxyl groups excluding tert-OH is 1. The van der Waals surface area contributed by atoms with Gasteiger partial charge in [0.25, 0.3) is 0 Å². The number of ketones is 1. The van der Waals surface area contributed by atoms with Gasteiger partial charge in [0.15, 0.2) is 5.78 Å². The second-order valence-electron chi connectivity index (χ2n) is 9.11. The molecule has 2 fully saturated rings. The number of piperidine rings is 1. The number of anilines is 1. The number of Topliss-reactive ketones (excluding diaryl/α,β-unsaturated/α-hetero) is 1. The van der Waals surface area contributed by atoms with E-state index in [0.29, 0.717) is 23.0 Å². The molecule has 0 unspecified atom stereocenters. The summed E-state index contributed by atoms with van der Waals surface area (Å²) in [5.74, 6) is -1.44. The van der Waals surface area contributed by atoms with Gasteiger partial charge in [0.05, 0.1) is 28.9 Å². The van der Waals surface area contributed by atoms with Crippen molar-refractivity contribution in [1.82, 2.24) is 9.47 Å². The molecule has 1 saturated carbocycles. The molecule has 1 saturated heterocycles. The molecule has 1 aliphatic heterocycles. The molecule has 5 rings (SSSR count). The average Bonchev–Trinajstić information content (AvgIpc) is 3.34. The number of nitrogens with two attached hydrogens (primary N) is 1. The van der Waals surface area contributed by atoms with Gasteiger partial charge in [-0.1, -0.05) is 41.9 Å². The summed E-state index contributed by atoms with van der Waals surface area (Å²) in [5, 5.41) is 13.3. The van der Waals surface area contributed by atoms with E-state index in [9.17, 15) is 23.9 Å². The number of fused-ring (bicyclic) bond motifs is 2. The standard InChI is InChI=1S/C25H24ClFN4O4/c26-17-6-3-5-15(23(17)27)14(12-32)10-22(33)21-9-13-8-20(13)31(21)25(35)29-18-11-30(24(28)34)19-7-2-1-4-16(18)19/h1-7,11,13-14,20-21,32H,8-10,12H2,(H2,28,34)(H,29,35)/t13-,14-,20-,21+/m1/s1. The van der Waals surface area contributed by atoms with Crippen LogP contribution in [0.1, 0.15) is 30.7 Å². The molecule has 0 radical (unpaired) electrons. The lowest BCUT2D eigenvalue weighted by molar-refractivity contribution is -0.123. The summed E-state index contributed by atoms with van der Waals surface area (Å²) in [5.41, 5.74) is 6.61. The van der Waals surface area contributed by atoms with Crippen LogP contribution in [0, 0.1) is 11.7 Å². The number of halogens is 2. The predicted molar refractivity (Wildman–Crippen MR) is 129 cm³/mol. The number of aromatic nitrogens is 1. The highest BCUT2D eigenvalue weighted by Crippen LogP contribution is 2.49. The Hall–Kier alpha value is -3.43. The van der Waals surface area contributed by atoms with E-state index >= 15 is 0 Å². The van der Waals surface area contributed by atoms with Crippen LogP contribution in [0.3, 0.4) is 0 Å². The highest BCUT2D eigenvalue weighted by molar-refractivity contribution is 6.30. The van der Waals surface area contributed by atoms with Crippen LogP contribution in [0.15, 0.2) is 48.7 Å². The monoisotopic (exact) mass is 498 g/mol. The van der Waals surface area contributed by atoms with Crippen molar-refractivity contribution in [1.29, 1.82) is 0 Å². The summed E-state index contributed by atoms with van der Waals surface area (Å²) in [7, 11) is 0. The van der Waals surface area contributed by atoms with Gasteiger partial charge in [-0.2, -0.15) is 0 Å². The van der Waals surface area contributed by atoms with Crippen LogP contribution >= 0.6 is 11.6 Å². The molecule has 182 valence electrons. The van der Waals surface area contributed by atoms with Crippen molar-refractivity contribution in [3.63, 3.8) is 0 Å². The molecule has 4 atom stereocenters. The number of nitrogens with zero attached hydrogens (tertiary/aromatic N) is 2. The Morgan fingerprint density at radius 3 is 2.69 bits per heavy atom. The fraction of sp³-hybridized carbons (Fsp3) is 0.320. The normalized spacial score (nSPS) is 21.6. The van der Waals surface area contributed by atoms with Gasteiger partial charge in [0, 0.05) is 30.0 Å². The van der Waals surface area contributed by atoms with Crippen molar-refractivity contribution >= 4 is 46.0 Å². The molecule has 1 aromatic heterocycles. The number of hydrogen-bond acceptors (Lipinski definition) is 4. The van der Waals surface area contributed by atoms with E-state index in [1.807, 2.05) is 0 Å². The van der Waals surface area contributed by atoms with E-state index in [0.717, 1.165) is 6.42 Å². The van der Waals surface area contributed by atoms with E-state index in [1.165, 1.54) is 22.9 Å². The molecule has 2 heterocycles. The van der Waals surface area contributed by atoms with Gasteiger partial charge in [-0.15, -0.1) is 0 Å². The lowest BCUT2D eigenvalue weighted by atomic mass is 9.90. The summed E-state index contributed by atoms with van der Waals surface area (Å²) in [6.07, 6.45) is 2.68. The molecule has 1 aliphatic carbocycles. The lowest BCUT2D eigenvalue weighted by Crippen LogP contribution is -2.45. The lowest BCUT2D eigenvalue weighted by Gasteiger charge is -2.28. The van der Waals surface area contributed by atoms with E-state index in [2.05, 4.69) is 5.32 Å². The zero-order valence-corrected chi connectivity index (χ0v) is 19.4. The van der Waals surface area contributed by atoms with Crippen molar-refractivity contribution in [3.8, 4) is 0 Å². The van der Waals surface area contributed by atoms with E-state index < -0.39 is 36.4 Å². The van der Waals surface area contributed by atoms with Crippen molar-refractivity contribution in [2.75, 3.05) is 11.9 Å². The van der Waals surface area contributed by atoms with E-state index in [1.54, 1.807) is 35.2 Å². The zero-order chi connectivity index (χ0) is 24.9. The molecule has 3 aromatic rings. The third kappa shape index (κ3) is 4.15. The molecule has 4 N–H and O–H groups in total. The quantitative estimate of drug-likeness (QED) is 0.474. The maximum absolute atomic E-state index is 14.5. The number of likely N-dealkylation sites (tertiary alicyclic amines) is 1. The molecule has 0 bridgehead atoms. The van der Waals surface area contributed by atoms with Crippen molar-refractivity contribution in [2.45, 2.75) is 37.3 Å². The first-order chi connectivity index (χ1) is 16.8. The molecule has 3 amide bonds. The minimum atomic E-state index is -0.767. The van der Waals surface area contributed by atoms with Crippen LogP contribution in [0.2, 0.25) is 5.02 Å². The van der Waals surface area contributed by atoms with Gasteiger partial charge >= 0.3 is 12.1 Å². The van der Waals surface area contributed by atoms with Crippen LogP contribution in [-0.4, -0.2) is 51.1 Å². The van der Waals surface area contributed by atoms with Gasteiger partial charge in [-0.25, -0.2) is 14.0 Å². The molecular formula is C25H24ClFN4O4. The summed E-state index contributed by atoms with van der Waals surface area (Å²) >= 11 is 5.87. The number of hydrogen-bond donors (Lipinski definition) is 3. The van der Waals surface area contributed by atoms with Crippen molar-refractivity contribution < 1.29 is 23.9 Å². The Morgan fingerprint density at radius 1 is 1.17 bits per heavy atom. The van der Waals surface area contributed by atoms with Crippen LogP contribution in [-0.2, 0) is 4.79 Å². The fourth-order valence-electron chi connectivity index (χ4n) is 5.16. The van der Waals surface area contributed by atoms with Crippen LogP contribution in [0.25, 0.3) is 10.9 Å². The first-order valence-corrected chi connectivity index (χ1v) is 11.7. The van der Waals surface area contributed by atoms with E-state index in [-0.39, 0.29) is 34.7 Å². The number of urea groups is 1. The number of rotatable bonds is 6. The number of carbonyl (C=O) groups excluding carboxylic acids is 3. The van der Waals surface area contributed by atoms with Crippen molar-refractivity contribution in [3.05, 3.63) is 65.1 Å². The molecule has 10 heteroatoms. The number of amides is 3. The number of para-hydroxylation sites is 1. The maximum Gasteiger partial charge on any atom is 0.323 e. The van der Waals surface area contributed by atoms with E-state index in [4.69, 9.17) is 17.3 Å². The minimum absolute atomic E-state index is 0.0519. The van der Waals surface area contributed by atoms with Gasteiger partial charge in [-0.05, 0) is 36.5 Å². The second kappa shape index (κ2) is 8.98. The Morgan fingerprint density at radius 2 is 1.94 bits per heavy atom. The summed E-state index contributed by atoms with van der Waals surface area (Å²) in [6.45, 7) is -0.429. The smallest absolute Gasteiger partial charge is 0.323 e. The fourth-order valence-corrected chi connectivity index (χ4v) is 5.35. The third-order valence-electron chi connectivity index (χ3n) is 6.99. The number of aliphatic hydroxyl groups is 1.